The molecule has 2 fully saturated rings. The normalized spacial score (nSPS) is 19.6. The fraction of sp³-hybridized carbons (Fsp3) is 0.440. The summed E-state index contributed by atoms with van der Waals surface area (Å²) < 4.78 is 32.6. The van der Waals surface area contributed by atoms with Gasteiger partial charge in [-0.05, 0) is 43.4 Å². The molecule has 0 radical (unpaired) electrons. The summed E-state index contributed by atoms with van der Waals surface area (Å²) in [6.45, 7) is 1.77. The number of hydrogen-bond acceptors (Lipinski definition) is 5. The number of hydrogen-bond donors (Lipinski definition) is 2. The van der Waals surface area contributed by atoms with Crippen LogP contribution in [0.1, 0.15) is 41.6 Å². The molecule has 1 atom stereocenters. The molecule has 2 N–H and O–H groups in total. The van der Waals surface area contributed by atoms with E-state index in [9.17, 15) is 18.0 Å². The van der Waals surface area contributed by atoms with Crippen molar-refractivity contribution in [3.8, 4) is 0 Å². The van der Waals surface area contributed by atoms with Crippen LogP contribution in [0, 0.1) is 5.92 Å². The molecule has 0 aliphatic carbocycles. The molecule has 2 aromatic carbocycles. The van der Waals surface area contributed by atoms with Crippen molar-refractivity contribution >= 4 is 27.5 Å². The molecule has 2 aromatic rings. The summed E-state index contributed by atoms with van der Waals surface area (Å²) in [5.41, 5.74) is 1.60. The SMILES string of the molecule is O=C(NC[C@@H]1CCCO1)c1ccccc1NC(=O)C1CCN(S(=O)(=O)Cc2ccccc2)CC1. The molecule has 2 amide bonds. The minimum absolute atomic E-state index is 0.0362. The van der Waals surface area contributed by atoms with E-state index < -0.39 is 10.0 Å². The number of amides is 2. The van der Waals surface area contributed by atoms with Gasteiger partial charge in [0.1, 0.15) is 0 Å². The predicted molar refractivity (Wildman–Crippen MR) is 130 cm³/mol. The zero-order valence-corrected chi connectivity index (χ0v) is 19.9. The number of nitrogens with zero attached hydrogens (tertiary/aromatic N) is 1. The number of carbonyl (C=O) groups excluding carboxylic acids is 2. The van der Waals surface area contributed by atoms with Crippen molar-refractivity contribution in [3.05, 3.63) is 65.7 Å². The van der Waals surface area contributed by atoms with E-state index in [1.54, 1.807) is 36.4 Å². The second-order valence-corrected chi connectivity index (χ2v) is 10.8. The summed E-state index contributed by atoms with van der Waals surface area (Å²) in [7, 11) is -3.44. The molecule has 2 saturated heterocycles. The average molecular weight is 486 g/mol. The van der Waals surface area contributed by atoms with Gasteiger partial charge in [-0.3, -0.25) is 9.59 Å². The minimum Gasteiger partial charge on any atom is -0.376 e. The van der Waals surface area contributed by atoms with Crippen molar-refractivity contribution in [1.82, 2.24) is 9.62 Å². The summed E-state index contributed by atoms with van der Waals surface area (Å²) in [5, 5.41) is 5.77. The summed E-state index contributed by atoms with van der Waals surface area (Å²) >= 11 is 0. The van der Waals surface area contributed by atoms with Crippen LogP contribution in [0.25, 0.3) is 0 Å². The first-order valence-corrected chi connectivity index (χ1v) is 13.3. The zero-order valence-electron chi connectivity index (χ0n) is 19.1. The van der Waals surface area contributed by atoms with E-state index >= 15 is 0 Å². The molecule has 0 bridgehead atoms. The Morgan fingerprint density at radius 1 is 0.971 bits per heavy atom. The molecule has 0 unspecified atom stereocenters. The number of benzene rings is 2. The molecule has 0 saturated carbocycles. The Kier molecular flexibility index (Phi) is 7.97. The maximum absolute atomic E-state index is 12.9. The van der Waals surface area contributed by atoms with Gasteiger partial charge in [-0.2, -0.15) is 0 Å². The lowest BCUT2D eigenvalue weighted by Crippen LogP contribution is -2.42. The van der Waals surface area contributed by atoms with Crippen molar-refractivity contribution in [1.29, 1.82) is 0 Å². The van der Waals surface area contributed by atoms with Gasteiger partial charge in [-0.1, -0.05) is 42.5 Å². The van der Waals surface area contributed by atoms with Gasteiger partial charge in [-0.25, -0.2) is 12.7 Å². The number of piperidine rings is 1. The van der Waals surface area contributed by atoms with Gasteiger partial charge in [0, 0.05) is 32.2 Å². The summed E-state index contributed by atoms with van der Waals surface area (Å²) in [6.07, 6.45) is 2.84. The number of nitrogens with one attached hydrogen (secondary N) is 2. The first-order chi connectivity index (χ1) is 16.4. The van der Waals surface area contributed by atoms with E-state index in [4.69, 9.17) is 4.74 Å². The molecule has 8 nitrogen and oxygen atoms in total. The fourth-order valence-electron chi connectivity index (χ4n) is 4.40. The summed E-state index contributed by atoms with van der Waals surface area (Å²) in [6, 6.07) is 16.0. The Morgan fingerprint density at radius 2 is 1.68 bits per heavy atom. The Morgan fingerprint density at radius 3 is 2.38 bits per heavy atom. The minimum atomic E-state index is -3.44. The highest BCUT2D eigenvalue weighted by molar-refractivity contribution is 7.88. The number of sulfonamides is 1. The van der Waals surface area contributed by atoms with Crippen molar-refractivity contribution in [2.24, 2.45) is 5.92 Å². The van der Waals surface area contributed by atoms with Crippen LogP contribution in [0.2, 0.25) is 0 Å². The maximum Gasteiger partial charge on any atom is 0.253 e. The van der Waals surface area contributed by atoms with Gasteiger partial charge < -0.3 is 15.4 Å². The quantitative estimate of drug-likeness (QED) is 0.598. The highest BCUT2D eigenvalue weighted by atomic mass is 32.2. The smallest absolute Gasteiger partial charge is 0.253 e. The Hall–Kier alpha value is -2.75. The van der Waals surface area contributed by atoms with Crippen LogP contribution < -0.4 is 10.6 Å². The first-order valence-electron chi connectivity index (χ1n) is 11.7. The van der Waals surface area contributed by atoms with Crippen LogP contribution in [0.15, 0.2) is 54.6 Å². The van der Waals surface area contributed by atoms with Gasteiger partial charge in [0.2, 0.25) is 15.9 Å². The molecular formula is C25H31N3O5S. The lowest BCUT2D eigenvalue weighted by atomic mass is 9.97. The molecule has 2 heterocycles. The van der Waals surface area contributed by atoms with Crippen molar-refractivity contribution in [2.45, 2.75) is 37.5 Å². The lowest BCUT2D eigenvalue weighted by molar-refractivity contribution is -0.120. The van der Waals surface area contributed by atoms with E-state index in [1.165, 1.54) is 4.31 Å². The molecule has 9 heteroatoms. The number of ether oxygens (including phenoxy) is 1. The highest BCUT2D eigenvalue weighted by Gasteiger charge is 2.31. The van der Waals surface area contributed by atoms with Gasteiger partial charge in [0.25, 0.3) is 5.91 Å². The molecule has 34 heavy (non-hydrogen) atoms. The van der Waals surface area contributed by atoms with E-state index in [-0.39, 0.29) is 29.6 Å². The molecule has 2 aliphatic heterocycles. The van der Waals surface area contributed by atoms with Gasteiger partial charge in [-0.15, -0.1) is 0 Å². The number of para-hydroxylation sites is 1. The molecule has 182 valence electrons. The summed E-state index contributed by atoms with van der Waals surface area (Å²) in [4.78, 5) is 25.6. The van der Waals surface area contributed by atoms with Crippen LogP contribution in [-0.2, 0) is 25.3 Å². The van der Waals surface area contributed by atoms with Crippen LogP contribution in [0.3, 0.4) is 0 Å². The Balaban J connectivity index is 1.31. The standard InChI is InChI=1S/C25H31N3O5S/c29-24(20-12-14-28(15-13-20)34(31,32)18-19-7-2-1-3-8-19)27-23-11-5-4-10-22(23)25(30)26-17-21-9-6-16-33-21/h1-5,7-8,10-11,20-21H,6,9,12-18H2,(H,26,30)(H,27,29)/t21-/m0/s1. The second-order valence-electron chi connectivity index (χ2n) is 8.80. The average Bonchev–Trinajstić information content (AvgIpc) is 3.37. The van der Waals surface area contributed by atoms with Crippen LogP contribution in [-0.4, -0.2) is 56.9 Å². The first kappa shape index (κ1) is 24.4. The van der Waals surface area contributed by atoms with Crippen LogP contribution in [0.5, 0.6) is 0 Å². The Labute approximate surface area is 200 Å². The van der Waals surface area contributed by atoms with Crippen molar-refractivity contribution < 1.29 is 22.7 Å². The third-order valence-corrected chi connectivity index (χ3v) is 8.20. The van der Waals surface area contributed by atoms with E-state index in [0.29, 0.717) is 43.7 Å². The van der Waals surface area contributed by atoms with Gasteiger partial charge in [0.15, 0.2) is 0 Å². The predicted octanol–water partition coefficient (Wildman–Crippen LogP) is 2.78. The van der Waals surface area contributed by atoms with Crippen molar-refractivity contribution in [2.75, 3.05) is 31.6 Å². The molecular weight excluding hydrogens is 454 g/mol. The van der Waals surface area contributed by atoms with Crippen LogP contribution >= 0.6 is 0 Å². The Bertz CT molecular complexity index is 1090. The monoisotopic (exact) mass is 485 g/mol. The third kappa shape index (κ3) is 6.22. The van der Waals surface area contributed by atoms with Crippen molar-refractivity contribution in [3.63, 3.8) is 0 Å². The van der Waals surface area contributed by atoms with E-state index in [0.717, 1.165) is 25.0 Å². The molecule has 0 aromatic heterocycles. The van der Waals surface area contributed by atoms with Gasteiger partial charge >= 0.3 is 0 Å². The second kappa shape index (κ2) is 11.1. The molecule has 2 aliphatic rings. The largest absolute Gasteiger partial charge is 0.376 e. The highest BCUT2D eigenvalue weighted by Crippen LogP contribution is 2.24. The van der Waals surface area contributed by atoms with E-state index in [1.807, 2.05) is 18.2 Å². The zero-order chi connectivity index (χ0) is 24.0. The third-order valence-electron chi connectivity index (χ3n) is 6.35. The molecule has 4 rings (SSSR count). The lowest BCUT2D eigenvalue weighted by Gasteiger charge is -2.30. The topological polar surface area (TPSA) is 105 Å². The summed E-state index contributed by atoms with van der Waals surface area (Å²) in [5.74, 6) is -0.807. The number of carbonyl (C=O) groups is 2. The number of anilines is 1. The maximum atomic E-state index is 12.9. The van der Waals surface area contributed by atoms with Crippen LogP contribution in [0.4, 0.5) is 5.69 Å². The number of rotatable bonds is 8. The molecule has 0 spiro atoms. The van der Waals surface area contributed by atoms with E-state index in [2.05, 4.69) is 10.6 Å². The fourth-order valence-corrected chi connectivity index (χ4v) is 5.97. The van der Waals surface area contributed by atoms with Gasteiger partial charge in [0.05, 0.1) is 23.1 Å².